The zero-order valence-corrected chi connectivity index (χ0v) is 17.6. The summed E-state index contributed by atoms with van der Waals surface area (Å²) in [5.74, 6) is 0.920. The summed E-state index contributed by atoms with van der Waals surface area (Å²) in [6, 6.07) is 25.5. The largest absolute Gasteiger partial charge is 0.439 e. The number of fused-ring (bicyclic) bond motifs is 1. The Morgan fingerprint density at radius 3 is 2.35 bits per heavy atom. The second-order valence-corrected chi connectivity index (χ2v) is 8.63. The van der Waals surface area contributed by atoms with E-state index in [0.29, 0.717) is 18.2 Å². The number of nitrogens with zero attached hydrogens (tertiary/aromatic N) is 2. The molecule has 0 saturated heterocycles. The maximum Gasteiger partial charge on any atom is 0.264 e. The molecular weight excluding hydrogens is 412 g/mol. The summed E-state index contributed by atoms with van der Waals surface area (Å²) in [4.78, 5) is 6.31. The molecule has 1 heterocycles. The van der Waals surface area contributed by atoms with E-state index >= 15 is 0 Å². The summed E-state index contributed by atoms with van der Waals surface area (Å²) in [6.07, 6.45) is 3.66. The monoisotopic (exact) mass is 434 g/mol. The highest BCUT2D eigenvalue weighted by Crippen LogP contribution is 2.41. The van der Waals surface area contributed by atoms with E-state index in [2.05, 4.69) is 4.99 Å². The molecule has 1 aliphatic heterocycles. The van der Waals surface area contributed by atoms with Crippen LogP contribution < -0.4 is 9.64 Å². The molecule has 0 bridgehead atoms. The molecule has 0 amide bonds. The SMILES string of the molecule is O=S(=O)(O)CCCN1/C(=C\C=Nc2ccccc2)Oc2ccc(-c3ccccc3)cc21. The second-order valence-electron chi connectivity index (χ2n) is 7.06. The molecule has 6 nitrogen and oxygen atoms in total. The predicted molar refractivity (Wildman–Crippen MR) is 124 cm³/mol. The highest BCUT2D eigenvalue weighted by Gasteiger charge is 2.26. The third-order valence-electron chi connectivity index (χ3n) is 4.82. The molecule has 1 aliphatic rings. The van der Waals surface area contributed by atoms with E-state index in [9.17, 15) is 8.42 Å². The van der Waals surface area contributed by atoms with Gasteiger partial charge in [-0.1, -0.05) is 54.6 Å². The Morgan fingerprint density at radius 1 is 0.935 bits per heavy atom. The molecule has 0 unspecified atom stereocenters. The van der Waals surface area contributed by atoms with Gasteiger partial charge >= 0.3 is 0 Å². The number of hydrogen-bond donors (Lipinski definition) is 1. The van der Waals surface area contributed by atoms with Crippen molar-refractivity contribution in [3.8, 4) is 16.9 Å². The number of benzene rings is 3. The van der Waals surface area contributed by atoms with Gasteiger partial charge in [0.05, 0.1) is 17.1 Å². The van der Waals surface area contributed by atoms with Gasteiger partial charge in [0, 0.05) is 18.8 Å². The van der Waals surface area contributed by atoms with E-state index in [-0.39, 0.29) is 12.2 Å². The van der Waals surface area contributed by atoms with Gasteiger partial charge in [-0.25, -0.2) is 0 Å². The van der Waals surface area contributed by atoms with Crippen molar-refractivity contribution in [3.05, 3.63) is 90.8 Å². The van der Waals surface area contributed by atoms with Gasteiger partial charge in [-0.3, -0.25) is 9.55 Å². The second kappa shape index (κ2) is 9.16. The van der Waals surface area contributed by atoms with Crippen molar-refractivity contribution >= 4 is 27.7 Å². The number of rotatable bonds is 7. The molecule has 3 aromatic carbocycles. The van der Waals surface area contributed by atoms with Crippen molar-refractivity contribution in [1.29, 1.82) is 0 Å². The molecule has 31 heavy (non-hydrogen) atoms. The normalized spacial score (nSPS) is 14.7. The van der Waals surface area contributed by atoms with Crippen LogP contribution in [-0.2, 0) is 10.1 Å². The van der Waals surface area contributed by atoms with Crippen LogP contribution >= 0.6 is 0 Å². The van der Waals surface area contributed by atoms with E-state index in [0.717, 1.165) is 22.5 Å². The molecule has 158 valence electrons. The minimum atomic E-state index is -4.03. The number of allylic oxidation sites excluding steroid dienone is 1. The Balaban J connectivity index is 1.62. The lowest BCUT2D eigenvalue weighted by atomic mass is 10.0. The first-order valence-electron chi connectivity index (χ1n) is 9.89. The molecule has 7 heteroatoms. The minimum absolute atomic E-state index is 0.254. The topological polar surface area (TPSA) is 79.2 Å². The third-order valence-corrected chi connectivity index (χ3v) is 5.62. The average Bonchev–Trinajstić information content (AvgIpc) is 3.11. The van der Waals surface area contributed by atoms with Gasteiger partial charge in [-0.15, -0.1) is 0 Å². The third kappa shape index (κ3) is 5.39. The maximum atomic E-state index is 11.2. The lowest BCUT2D eigenvalue weighted by Gasteiger charge is -2.18. The van der Waals surface area contributed by atoms with Crippen LogP contribution in [0.15, 0.2) is 95.8 Å². The summed E-state index contributed by atoms with van der Waals surface area (Å²) < 4.78 is 37.5. The number of para-hydroxylation sites is 1. The van der Waals surface area contributed by atoms with E-state index < -0.39 is 10.1 Å². The smallest absolute Gasteiger partial charge is 0.264 e. The summed E-state index contributed by atoms with van der Waals surface area (Å²) in [5, 5.41) is 0. The summed E-state index contributed by atoms with van der Waals surface area (Å²) in [6.45, 7) is 0.371. The quantitative estimate of drug-likeness (QED) is 0.415. The fourth-order valence-electron chi connectivity index (χ4n) is 3.37. The molecule has 0 aromatic heterocycles. The molecule has 3 aromatic rings. The molecule has 0 spiro atoms. The molecule has 0 atom stereocenters. The summed E-state index contributed by atoms with van der Waals surface area (Å²) in [7, 11) is -4.03. The van der Waals surface area contributed by atoms with Crippen LogP contribution in [0.3, 0.4) is 0 Å². The van der Waals surface area contributed by atoms with E-state index in [1.165, 1.54) is 0 Å². The van der Waals surface area contributed by atoms with Gasteiger partial charge in [-0.05, 0) is 41.8 Å². The van der Waals surface area contributed by atoms with Crippen LogP contribution in [0.25, 0.3) is 11.1 Å². The molecule has 1 N–H and O–H groups in total. The van der Waals surface area contributed by atoms with Crippen molar-refractivity contribution in [2.24, 2.45) is 4.99 Å². The van der Waals surface area contributed by atoms with Gasteiger partial charge in [0.2, 0.25) is 5.88 Å². The Kier molecular flexibility index (Phi) is 6.16. The predicted octanol–water partition coefficient (Wildman–Crippen LogP) is 5.07. The molecule has 0 saturated carbocycles. The summed E-state index contributed by atoms with van der Waals surface area (Å²) >= 11 is 0. The number of ether oxygens (including phenoxy) is 1. The van der Waals surface area contributed by atoms with Crippen LogP contribution in [0.1, 0.15) is 6.42 Å². The van der Waals surface area contributed by atoms with Gasteiger partial charge in [0.1, 0.15) is 0 Å². The average molecular weight is 435 g/mol. The van der Waals surface area contributed by atoms with Gasteiger partial charge < -0.3 is 9.64 Å². The molecule has 4 rings (SSSR count). The Morgan fingerprint density at radius 2 is 1.65 bits per heavy atom. The highest BCUT2D eigenvalue weighted by atomic mass is 32.2. The van der Waals surface area contributed by atoms with Crippen molar-refractivity contribution in [2.45, 2.75) is 6.42 Å². The van der Waals surface area contributed by atoms with Crippen LogP contribution in [0, 0.1) is 0 Å². The first kappa shape index (κ1) is 20.8. The first-order valence-corrected chi connectivity index (χ1v) is 11.5. The van der Waals surface area contributed by atoms with Gasteiger partial charge in [0.15, 0.2) is 5.75 Å². The molecule has 0 fully saturated rings. The summed E-state index contributed by atoms with van der Waals surface area (Å²) in [5.41, 5.74) is 3.77. The Hall–Kier alpha value is -3.42. The van der Waals surface area contributed by atoms with Crippen molar-refractivity contribution in [2.75, 3.05) is 17.2 Å². The maximum absolute atomic E-state index is 11.2. The zero-order valence-electron chi connectivity index (χ0n) is 16.8. The van der Waals surface area contributed by atoms with Gasteiger partial charge in [0.25, 0.3) is 10.1 Å². The van der Waals surface area contributed by atoms with Gasteiger partial charge in [-0.2, -0.15) is 8.42 Å². The number of hydrogen-bond acceptors (Lipinski definition) is 5. The molecule has 0 radical (unpaired) electrons. The van der Waals surface area contributed by atoms with Crippen molar-refractivity contribution < 1.29 is 17.7 Å². The first-order chi connectivity index (χ1) is 15.0. The van der Waals surface area contributed by atoms with E-state index in [1.807, 2.05) is 83.8 Å². The zero-order chi connectivity index (χ0) is 21.7. The van der Waals surface area contributed by atoms with Crippen LogP contribution in [0.4, 0.5) is 11.4 Å². The molecular formula is C24H22N2O4S. The lowest BCUT2D eigenvalue weighted by molar-refractivity contribution is 0.438. The van der Waals surface area contributed by atoms with Crippen molar-refractivity contribution in [1.82, 2.24) is 0 Å². The Labute approximate surface area is 181 Å². The lowest BCUT2D eigenvalue weighted by Crippen LogP contribution is -2.23. The standard InChI is InChI=1S/C24H22N2O4S/c27-31(28,29)17-7-16-26-22-18-20(19-8-3-1-4-9-19)12-13-23(22)30-24(26)14-15-25-21-10-5-2-6-11-21/h1-6,8-15,18H,7,16-17H2,(H,27,28,29)/b24-14+,25-15?. The Bertz CT molecular complexity index is 1210. The van der Waals surface area contributed by atoms with E-state index in [4.69, 9.17) is 9.29 Å². The van der Waals surface area contributed by atoms with Crippen LogP contribution in [0.2, 0.25) is 0 Å². The van der Waals surface area contributed by atoms with E-state index in [1.54, 1.807) is 12.3 Å². The number of anilines is 1. The van der Waals surface area contributed by atoms with Crippen LogP contribution in [-0.4, -0.2) is 31.5 Å². The minimum Gasteiger partial charge on any atom is -0.439 e. The molecule has 0 aliphatic carbocycles. The fraction of sp³-hybridized carbons (Fsp3) is 0.125. The highest BCUT2D eigenvalue weighted by molar-refractivity contribution is 7.85. The van der Waals surface area contributed by atoms with Crippen molar-refractivity contribution in [3.63, 3.8) is 0 Å². The van der Waals surface area contributed by atoms with Crippen LogP contribution in [0.5, 0.6) is 5.75 Å². The fourth-order valence-corrected chi connectivity index (χ4v) is 3.87. The number of aliphatic imine (C=N–C) groups is 1.